The minimum atomic E-state index is 0.467. The maximum atomic E-state index is 9.96. The fraction of sp³-hybridized carbons (Fsp3) is 0.250. The van der Waals surface area contributed by atoms with E-state index in [4.69, 9.17) is 5.73 Å². The number of aromatic nitrogens is 1. The van der Waals surface area contributed by atoms with Gasteiger partial charge in [-0.3, -0.25) is 0 Å². The first-order valence-electron chi connectivity index (χ1n) is 2.28. The van der Waals surface area contributed by atoms with E-state index < -0.39 is 0 Å². The van der Waals surface area contributed by atoms with Crippen LogP contribution >= 0.6 is 11.3 Å². The summed E-state index contributed by atoms with van der Waals surface area (Å²) in [4.78, 5) is 4.72. The molecular formula is C4H5N2OS2+. The van der Waals surface area contributed by atoms with Crippen LogP contribution in [0, 0.1) is 0 Å². The van der Waals surface area contributed by atoms with Crippen LogP contribution in [-0.2, 0) is 21.6 Å². The van der Waals surface area contributed by atoms with Crippen LogP contribution in [0.4, 0.5) is 5.13 Å². The molecule has 1 heterocycles. The second-order valence-corrected chi connectivity index (χ2v) is 3.10. The van der Waals surface area contributed by atoms with Crippen molar-refractivity contribution in [3.8, 4) is 0 Å². The van der Waals surface area contributed by atoms with Gasteiger partial charge in [-0.1, -0.05) is 11.3 Å². The number of hydrogen-bond donors (Lipinski definition) is 1. The van der Waals surface area contributed by atoms with Crippen LogP contribution in [0.25, 0.3) is 0 Å². The molecule has 0 fully saturated rings. The van der Waals surface area contributed by atoms with E-state index >= 15 is 0 Å². The minimum absolute atomic E-state index is 0.467. The summed E-state index contributed by atoms with van der Waals surface area (Å²) in [7, 11) is 0. The van der Waals surface area contributed by atoms with Crippen LogP contribution in [0.1, 0.15) is 4.88 Å². The van der Waals surface area contributed by atoms with Gasteiger partial charge < -0.3 is 5.73 Å². The predicted molar refractivity (Wildman–Crippen MR) is 38.3 cm³/mol. The third-order valence-electron chi connectivity index (χ3n) is 0.773. The maximum absolute atomic E-state index is 9.96. The number of rotatable bonds is 2. The van der Waals surface area contributed by atoms with Gasteiger partial charge in [0.05, 0.1) is 4.88 Å². The van der Waals surface area contributed by atoms with Gasteiger partial charge in [0.15, 0.2) is 5.13 Å². The molecule has 0 radical (unpaired) electrons. The summed E-state index contributed by atoms with van der Waals surface area (Å²) in [5.74, 6) is 0.467. The Hall–Kier alpha value is -0.550. The molecule has 0 aliphatic heterocycles. The number of thiazole rings is 1. The SMILES string of the molecule is Nc1ncc(C[S+]=O)s1. The summed E-state index contributed by atoms with van der Waals surface area (Å²) in [5, 5.41) is 0.527. The molecule has 0 spiro atoms. The summed E-state index contributed by atoms with van der Waals surface area (Å²) >= 11 is 1.89. The molecule has 5 heteroatoms. The molecule has 0 saturated heterocycles. The number of nitrogens with two attached hydrogens (primary N) is 1. The maximum Gasteiger partial charge on any atom is 0.464 e. The van der Waals surface area contributed by atoms with Gasteiger partial charge in [-0.25, -0.2) is 4.98 Å². The van der Waals surface area contributed by atoms with Crippen molar-refractivity contribution in [1.29, 1.82) is 0 Å². The highest BCUT2D eigenvalue weighted by molar-refractivity contribution is 7.64. The van der Waals surface area contributed by atoms with Crippen LogP contribution in [0.3, 0.4) is 0 Å². The van der Waals surface area contributed by atoms with E-state index in [1.807, 2.05) is 0 Å². The van der Waals surface area contributed by atoms with Gasteiger partial charge in [-0.2, -0.15) is 0 Å². The first-order chi connectivity index (χ1) is 4.33. The Kier molecular flexibility index (Phi) is 2.07. The highest BCUT2D eigenvalue weighted by atomic mass is 32.1. The standard InChI is InChI=1S/C4H5N2OS2/c5-4-6-1-3(9-4)2-8-7/h1H,2H2,(H2,5,6)/q+1. The largest absolute Gasteiger partial charge is 0.464 e. The van der Waals surface area contributed by atoms with Crippen molar-refractivity contribution < 1.29 is 4.21 Å². The molecule has 48 valence electrons. The van der Waals surface area contributed by atoms with E-state index in [0.29, 0.717) is 22.6 Å². The summed E-state index contributed by atoms with van der Waals surface area (Å²) in [6, 6.07) is 0. The first-order valence-corrected chi connectivity index (χ1v) is 4.00. The topological polar surface area (TPSA) is 56.0 Å². The Bertz CT molecular complexity index is 210. The number of anilines is 1. The molecule has 1 aromatic heterocycles. The second-order valence-electron chi connectivity index (χ2n) is 1.43. The predicted octanol–water partition coefficient (Wildman–Crippen LogP) is 0.653. The number of nitrogen functional groups attached to an aromatic ring is 1. The van der Waals surface area contributed by atoms with Gasteiger partial charge in [0, 0.05) is 10.4 Å². The van der Waals surface area contributed by atoms with E-state index in [1.165, 1.54) is 11.3 Å². The second kappa shape index (κ2) is 2.84. The lowest BCUT2D eigenvalue weighted by Crippen LogP contribution is -1.77. The van der Waals surface area contributed by atoms with Crippen molar-refractivity contribution in [2.75, 3.05) is 5.73 Å². The Morgan fingerprint density at radius 3 is 3.11 bits per heavy atom. The van der Waals surface area contributed by atoms with Crippen molar-refractivity contribution in [2.45, 2.75) is 5.75 Å². The smallest absolute Gasteiger partial charge is 0.375 e. The van der Waals surface area contributed by atoms with Gasteiger partial charge in [0.25, 0.3) is 5.75 Å². The van der Waals surface area contributed by atoms with Gasteiger partial charge in [-0.15, -0.1) is 0 Å². The Labute approximate surface area is 60.4 Å². The molecule has 0 aliphatic carbocycles. The third kappa shape index (κ3) is 1.69. The average Bonchev–Trinajstić information content (AvgIpc) is 2.17. The minimum Gasteiger partial charge on any atom is -0.375 e. The van der Waals surface area contributed by atoms with Gasteiger partial charge >= 0.3 is 11.7 Å². The zero-order valence-electron chi connectivity index (χ0n) is 4.53. The lowest BCUT2D eigenvalue weighted by molar-refractivity contribution is 0.604. The monoisotopic (exact) mass is 161 g/mol. The van der Waals surface area contributed by atoms with Crippen molar-refractivity contribution in [1.82, 2.24) is 4.98 Å². The summed E-state index contributed by atoms with van der Waals surface area (Å²) in [6.07, 6.45) is 1.63. The van der Waals surface area contributed by atoms with Crippen molar-refractivity contribution >= 4 is 28.1 Å². The van der Waals surface area contributed by atoms with Gasteiger partial charge in [0.1, 0.15) is 0 Å². The molecule has 0 aromatic carbocycles. The fourth-order valence-corrected chi connectivity index (χ4v) is 1.50. The molecule has 0 saturated carbocycles. The molecule has 0 bridgehead atoms. The van der Waals surface area contributed by atoms with E-state index in [0.717, 1.165) is 4.88 Å². The van der Waals surface area contributed by atoms with Crippen molar-refractivity contribution in [2.24, 2.45) is 0 Å². The lowest BCUT2D eigenvalue weighted by Gasteiger charge is -1.70. The summed E-state index contributed by atoms with van der Waals surface area (Å²) in [5.41, 5.74) is 5.30. The molecule has 1 rings (SSSR count). The zero-order chi connectivity index (χ0) is 6.69. The van der Waals surface area contributed by atoms with Gasteiger partial charge in [0.2, 0.25) is 0 Å². The Morgan fingerprint density at radius 1 is 1.89 bits per heavy atom. The molecule has 0 amide bonds. The van der Waals surface area contributed by atoms with E-state index in [-0.39, 0.29) is 0 Å². The molecule has 3 nitrogen and oxygen atoms in total. The molecule has 0 aliphatic rings. The van der Waals surface area contributed by atoms with Crippen LogP contribution in [-0.4, -0.2) is 4.98 Å². The van der Waals surface area contributed by atoms with E-state index in [2.05, 4.69) is 4.98 Å². The fourth-order valence-electron chi connectivity index (χ4n) is 0.447. The molecular weight excluding hydrogens is 156 g/mol. The Morgan fingerprint density at radius 2 is 2.67 bits per heavy atom. The summed E-state index contributed by atoms with van der Waals surface area (Å²) in [6.45, 7) is 0. The highest BCUT2D eigenvalue weighted by Crippen LogP contribution is 2.13. The van der Waals surface area contributed by atoms with Crippen LogP contribution in [0.15, 0.2) is 6.20 Å². The molecule has 2 N–H and O–H groups in total. The van der Waals surface area contributed by atoms with Crippen LogP contribution in [0.2, 0.25) is 0 Å². The zero-order valence-corrected chi connectivity index (χ0v) is 6.17. The molecule has 0 unspecified atom stereocenters. The molecule has 1 aromatic rings. The third-order valence-corrected chi connectivity index (χ3v) is 2.21. The highest BCUT2D eigenvalue weighted by Gasteiger charge is 2.04. The quantitative estimate of drug-likeness (QED) is 0.648. The lowest BCUT2D eigenvalue weighted by atomic mass is 10.6. The first kappa shape index (κ1) is 6.57. The van der Waals surface area contributed by atoms with Crippen molar-refractivity contribution in [3.05, 3.63) is 11.1 Å². The number of hydrogen-bond acceptors (Lipinski definition) is 4. The number of nitrogens with zero attached hydrogens (tertiary/aromatic N) is 1. The van der Waals surface area contributed by atoms with E-state index in [9.17, 15) is 4.21 Å². The molecule has 0 atom stereocenters. The summed E-state index contributed by atoms with van der Waals surface area (Å²) < 4.78 is 9.96. The van der Waals surface area contributed by atoms with Crippen LogP contribution in [0.5, 0.6) is 0 Å². The average molecular weight is 161 g/mol. The van der Waals surface area contributed by atoms with E-state index in [1.54, 1.807) is 6.20 Å². The Balaban J connectivity index is 2.72. The van der Waals surface area contributed by atoms with Gasteiger partial charge in [-0.05, 0) is 0 Å². The van der Waals surface area contributed by atoms with Crippen molar-refractivity contribution in [3.63, 3.8) is 0 Å². The normalized spacial score (nSPS) is 9.33. The molecule has 9 heavy (non-hydrogen) atoms. The van der Waals surface area contributed by atoms with Crippen LogP contribution < -0.4 is 5.73 Å².